The van der Waals surface area contributed by atoms with E-state index >= 15 is 0 Å². The summed E-state index contributed by atoms with van der Waals surface area (Å²) in [6.07, 6.45) is 19.5. The van der Waals surface area contributed by atoms with Gasteiger partial charge >= 0.3 is 0 Å². The number of hydrogen-bond donors (Lipinski definition) is 2. The smallest absolute Gasteiger partial charge is 0.0701 e. The van der Waals surface area contributed by atoms with Gasteiger partial charge in [0.1, 0.15) is 0 Å². The van der Waals surface area contributed by atoms with Gasteiger partial charge in [0, 0.05) is 0 Å². The molecule has 0 amide bonds. The second-order valence-electron chi connectivity index (χ2n) is 8.33. The first-order valence-electron chi connectivity index (χ1n) is 13.2. The fourth-order valence-corrected chi connectivity index (χ4v) is 3.39. The summed E-state index contributed by atoms with van der Waals surface area (Å²) in [7, 11) is 0. The Morgan fingerprint density at radius 1 is 0.484 bits per heavy atom. The average Bonchev–Trinajstić information content (AvgIpc) is 2.78. The molecule has 0 aromatic carbocycles. The van der Waals surface area contributed by atoms with E-state index < -0.39 is 0 Å². The topological polar surface area (TPSA) is 68.2 Å². The summed E-state index contributed by atoms with van der Waals surface area (Å²) in [6, 6.07) is 0. The minimum atomic E-state index is 0.0417. The Morgan fingerprint density at radius 2 is 0.839 bits per heavy atom. The van der Waals surface area contributed by atoms with E-state index in [1.807, 2.05) is 0 Å². The van der Waals surface area contributed by atoms with Crippen LogP contribution < -0.4 is 0 Å². The minimum Gasteiger partial charge on any atom is -0.394 e. The Morgan fingerprint density at radius 3 is 1.16 bits per heavy atom. The lowest BCUT2D eigenvalue weighted by molar-refractivity contribution is -0.0320. The molecule has 31 heavy (non-hydrogen) atoms. The van der Waals surface area contributed by atoms with E-state index in [-0.39, 0.29) is 13.2 Å². The molecule has 0 aliphatic heterocycles. The Balaban J connectivity index is 0. The Kier molecular flexibility index (Phi) is 31.7. The summed E-state index contributed by atoms with van der Waals surface area (Å²) < 4.78 is 16.3. The highest BCUT2D eigenvalue weighted by molar-refractivity contribution is 4.66. The average molecular weight is 449 g/mol. The molecule has 0 radical (unpaired) electrons. The summed E-state index contributed by atoms with van der Waals surface area (Å²) >= 11 is 0. The zero-order valence-corrected chi connectivity index (χ0v) is 21.4. The van der Waals surface area contributed by atoms with Crippen LogP contribution in [0, 0.1) is 0 Å². The van der Waals surface area contributed by atoms with E-state index in [1.165, 1.54) is 89.9 Å². The predicted molar refractivity (Wildman–Crippen MR) is 132 cm³/mol. The lowest BCUT2D eigenvalue weighted by Crippen LogP contribution is -2.22. The van der Waals surface area contributed by atoms with Gasteiger partial charge in [0.2, 0.25) is 0 Å². The molecular formula is C26H56O5. The summed E-state index contributed by atoms with van der Waals surface area (Å²) in [5.41, 5.74) is 0. The number of unbranched alkanes of at least 4 members (excludes halogenated alkanes) is 6. The maximum atomic E-state index is 8.26. The van der Waals surface area contributed by atoms with Crippen molar-refractivity contribution in [3.63, 3.8) is 0 Å². The van der Waals surface area contributed by atoms with Crippen LogP contribution in [0.1, 0.15) is 118 Å². The Labute approximate surface area is 194 Å². The molecule has 0 rings (SSSR count). The van der Waals surface area contributed by atoms with Gasteiger partial charge in [0.15, 0.2) is 0 Å². The van der Waals surface area contributed by atoms with E-state index in [4.69, 9.17) is 24.4 Å². The first kappa shape index (κ1) is 33.0. The Bertz CT molecular complexity index is 274. The standard InChI is InChI=1S/C20H42O.C6H14O4/c1-5-9-13-17-19(15-11-7-3)21-20(16-12-8-4)18-14-10-6-2;7-1-3-9-5-6-10-4-2-8/h19-20H,5-18H2,1-4H3;7-8H,1-6H2. The van der Waals surface area contributed by atoms with Crippen molar-refractivity contribution < 1.29 is 24.4 Å². The molecule has 0 aromatic rings. The normalized spacial score (nSPS) is 13.0. The van der Waals surface area contributed by atoms with Crippen molar-refractivity contribution in [3.8, 4) is 0 Å². The largest absolute Gasteiger partial charge is 0.394 e. The van der Waals surface area contributed by atoms with Crippen molar-refractivity contribution in [1.29, 1.82) is 0 Å². The molecule has 0 fully saturated rings. The molecule has 0 spiro atoms. The third kappa shape index (κ3) is 27.8. The van der Waals surface area contributed by atoms with Crippen LogP contribution in [0.2, 0.25) is 0 Å². The first-order chi connectivity index (χ1) is 15.2. The van der Waals surface area contributed by atoms with Gasteiger partial charge in [-0.25, -0.2) is 0 Å². The lowest BCUT2D eigenvalue weighted by atomic mass is 10.0. The van der Waals surface area contributed by atoms with Gasteiger partial charge in [-0.1, -0.05) is 91.9 Å². The van der Waals surface area contributed by atoms with Crippen molar-refractivity contribution in [2.75, 3.05) is 39.6 Å². The fourth-order valence-electron chi connectivity index (χ4n) is 3.39. The van der Waals surface area contributed by atoms with Gasteiger partial charge in [0.05, 0.1) is 51.8 Å². The van der Waals surface area contributed by atoms with Crippen LogP contribution in [0.25, 0.3) is 0 Å². The fraction of sp³-hybridized carbons (Fsp3) is 1.00. The molecule has 0 bridgehead atoms. The summed E-state index contributed by atoms with van der Waals surface area (Å²) in [5, 5.41) is 16.5. The van der Waals surface area contributed by atoms with Crippen LogP contribution in [0.15, 0.2) is 0 Å². The van der Waals surface area contributed by atoms with Crippen LogP contribution in [0.3, 0.4) is 0 Å². The quantitative estimate of drug-likeness (QED) is 0.180. The minimum absolute atomic E-state index is 0.0417. The van der Waals surface area contributed by atoms with Gasteiger partial charge in [-0.2, -0.15) is 0 Å². The van der Waals surface area contributed by atoms with Crippen molar-refractivity contribution in [3.05, 3.63) is 0 Å². The zero-order chi connectivity index (χ0) is 23.4. The molecule has 5 heteroatoms. The second-order valence-corrected chi connectivity index (χ2v) is 8.33. The van der Waals surface area contributed by atoms with Crippen molar-refractivity contribution >= 4 is 0 Å². The molecule has 0 aliphatic rings. The SMILES string of the molecule is CCCCCC(CCCC)OC(CCCC)CCCCC.OCCOCCOCCO. The van der Waals surface area contributed by atoms with Gasteiger partial charge in [0.25, 0.3) is 0 Å². The number of aliphatic hydroxyl groups excluding tert-OH is 2. The highest BCUT2D eigenvalue weighted by Gasteiger charge is 2.16. The van der Waals surface area contributed by atoms with Gasteiger partial charge < -0.3 is 24.4 Å². The molecule has 0 saturated heterocycles. The van der Waals surface area contributed by atoms with E-state index in [1.54, 1.807) is 0 Å². The van der Waals surface area contributed by atoms with Gasteiger partial charge in [-0.05, 0) is 25.7 Å². The van der Waals surface area contributed by atoms with Gasteiger partial charge in [-0.15, -0.1) is 0 Å². The zero-order valence-electron chi connectivity index (χ0n) is 21.4. The maximum absolute atomic E-state index is 8.26. The number of aliphatic hydroxyl groups is 2. The molecule has 2 atom stereocenters. The van der Waals surface area contributed by atoms with Crippen LogP contribution in [-0.2, 0) is 14.2 Å². The molecule has 0 heterocycles. The molecular weight excluding hydrogens is 392 g/mol. The third-order valence-electron chi connectivity index (χ3n) is 5.25. The maximum Gasteiger partial charge on any atom is 0.0701 e. The molecule has 2 unspecified atom stereocenters. The predicted octanol–water partition coefficient (Wildman–Crippen LogP) is 6.29. The highest BCUT2D eigenvalue weighted by atomic mass is 16.5. The van der Waals surface area contributed by atoms with Gasteiger partial charge in [-0.3, -0.25) is 0 Å². The molecule has 190 valence electrons. The lowest BCUT2D eigenvalue weighted by Gasteiger charge is -2.25. The summed E-state index contributed by atoms with van der Waals surface area (Å²) in [4.78, 5) is 0. The van der Waals surface area contributed by atoms with E-state index in [0.29, 0.717) is 38.6 Å². The van der Waals surface area contributed by atoms with Crippen molar-refractivity contribution in [1.82, 2.24) is 0 Å². The number of rotatable bonds is 23. The van der Waals surface area contributed by atoms with Crippen LogP contribution in [0.5, 0.6) is 0 Å². The monoisotopic (exact) mass is 448 g/mol. The van der Waals surface area contributed by atoms with Crippen molar-refractivity contribution in [2.24, 2.45) is 0 Å². The molecule has 5 nitrogen and oxygen atoms in total. The third-order valence-corrected chi connectivity index (χ3v) is 5.25. The van der Waals surface area contributed by atoms with Crippen LogP contribution in [-0.4, -0.2) is 62.1 Å². The number of ether oxygens (including phenoxy) is 3. The van der Waals surface area contributed by atoms with Crippen molar-refractivity contribution in [2.45, 2.75) is 130 Å². The van der Waals surface area contributed by atoms with E-state index in [0.717, 1.165) is 0 Å². The summed E-state index contributed by atoms with van der Waals surface area (Å²) in [6.45, 7) is 10.9. The van der Waals surface area contributed by atoms with E-state index in [2.05, 4.69) is 27.7 Å². The molecule has 0 aromatic heterocycles. The Hall–Kier alpha value is -0.200. The highest BCUT2D eigenvalue weighted by Crippen LogP contribution is 2.21. The molecule has 0 aliphatic carbocycles. The van der Waals surface area contributed by atoms with E-state index in [9.17, 15) is 0 Å². The van der Waals surface area contributed by atoms with Crippen LogP contribution in [0.4, 0.5) is 0 Å². The second kappa shape index (κ2) is 29.8. The summed E-state index contributed by atoms with van der Waals surface area (Å²) in [5.74, 6) is 0. The molecule has 0 saturated carbocycles. The first-order valence-corrected chi connectivity index (χ1v) is 13.2. The van der Waals surface area contributed by atoms with Crippen LogP contribution >= 0.6 is 0 Å². The number of hydrogen-bond acceptors (Lipinski definition) is 5. The molecule has 2 N–H and O–H groups in total.